The van der Waals surface area contributed by atoms with E-state index >= 15 is 0 Å². The molecular formula is C17H25NO2S. The minimum atomic E-state index is 0.0533. The molecule has 1 aromatic rings. The Balaban J connectivity index is 1.79. The van der Waals surface area contributed by atoms with E-state index < -0.39 is 0 Å². The second-order valence-corrected chi connectivity index (χ2v) is 7.12. The lowest BCUT2D eigenvalue weighted by Crippen LogP contribution is -2.28. The van der Waals surface area contributed by atoms with Gasteiger partial charge in [0.1, 0.15) is 0 Å². The molecule has 1 saturated heterocycles. The Morgan fingerprint density at radius 2 is 1.86 bits per heavy atom. The number of hydrogen-bond acceptors (Lipinski definition) is 3. The molecule has 1 aliphatic rings. The Morgan fingerprint density at radius 1 is 1.24 bits per heavy atom. The number of nitrogens with one attached hydrogen (secondary N) is 1. The van der Waals surface area contributed by atoms with Crippen LogP contribution >= 0.6 is 11.8 Å². The number of ether oxygens (including phenoxy) is 1. The molecule has 21 heavy (non-hydrogen) atoms. The van der Waals surface area contributed by atoms with Gasteiger partial charge in [0.05, 0.1) is 0 Å². The van der Waals surface area contributed by atoms with Crippen molar-refractivity contribution in [2.75, 3.05) is 25.5 Å². The van der Waals surface area contributed by atoms with Gasteiger partial charge in [0.25, 0.3) is 5.91 Å². The summed E-state index contributed by atoms with van der Waals surface area (Å²) in [4.78, 5) is 12.3. The molecule has 1 aliphatic heterocycles. The standard InChI is InChI=1S/C17H25NO2S/c1-12-10-13(2)16(14(3)11-12)17(19)18-6-9-21-15-4-7-20-8-5-15/h10-11,15H,4-9H2,1-3H3,(H,18,19). The van der Waals surface area contributed by atoms with Crippen molar-refractivity contribution in [1.29, 1.82) is 0 Å². The van der Waals surface area contributed by atoms with Crippen molar-refractivity contribution in [2.24, 2.45) is 0 Å². The van der Waals surface area contributed by atoms with E-state index in [1.165, 1.54) is 5.56 Å². The van der Waals surface area contributed by atoms with Crippen molar-refractivity contribution in [1.82, 2.24) is 5.32 Å². The van der Waals surface area contributed by atoms with Gasteiger partial charge < -0.3 is 10.1 Å². The van der Waals surface area contributed by atoms with Crippen LogP contribution in [0, 0.1) is 20.8 Å². The number of hydrogen-bond donors (Lipinski definition) is 1. The van der Waals surface area contributed by atoms with Crippen LogP contribution in [0.15, 0.2) is 12.1 Å². The number of amides is 1. The number of rotatable bonds is 5. The smallest absolute Gasteiger partial charge is 0.251 e. The molecule has 0 unspecified atom stereocenters. The van der Waals surface area contributed by atoms with Gasteiger partial charge >= 0.3 is 0 Å². The van der Waals surface area contributed by atoms with E-state index in [-0.39, 0.29) is 5.91 Å². The maximum Gasteiger partial charge on any atom is 0.251 e. The maximum atomic E-state index is 12.3. The highest BCUT2D eigenvalue weighted by molar-refractivity contribution is 7.99. The lowest BCUT2D eigenvalue weighted by Gasteiger charge is -2.21. The molecule has 3 nitrogen and oxygen atoms in total. The second kappa shape index (κ2) is 7.85. The fraction of sp³-hybridized carbons (Fsp3) is 0.588. The van der Waals surface area contributed by atoms with E-state index in [1.807, 2.05) is 25.6 Å². The average molecular weight is 307 g/mol. The second-order valence-electron chi connectivity index (χ2n) is 5.71. The summed E-state index contributed by atoms with van der Waals surface area (Å²) in [5.41, 5.74) is 4.15. The van der Waals surface area contributed by atoms with Crippen molar-refractivity contribution in [3.05, 3.63) is 34.4 Å². The number of carbonyl (C=O) groups excluding carboxylic acids is 1. The summed E-state index contributed by atoms with van der Waals surface area (Å²) in [5.74, 6) is 1.03. The highest BCUT2D eigenvalue weighted by Crippen LogP contribution is 2.21. The van der Waals surface area contributed by atoms with E-state index in [2.05, 4.69) is 24.4 Å². The summed E-state index contributed by atoms with van der Waals surface area (Å²) in [7, 11) is 0. The average Bonchev–Trinajstić information content (AvgIpc) is 2.43. The first-order chi connectivity index (χ1) is 10.1. The number of thioether (sulfide) groups is 1. The Kier molecular flexibility index (Phi) is 6.12. The first-order valence-electron chi connectivity index (χ1n) is 7.63. The molecule has 0 atom stereocenters. The predicted octanol–water partition coefficient (Wildman–Crippen LogP) is 3.25. The summed E-state index contributed by atoms with van der Waals surface area (Å²) in [5, 5.41) is 3.74. The van der Waals surface area contributed by atoms with Gasteiger partial charge in [-0.3, -0.25) is 4.79 Å². The summed E-state index contributed by atoms with van der Waals surface area (Å²) in [6, 6.07) is 4.14. The monoisotopic (exact) mass is 307 g/mol. The summed E-state index contributed by atoms with van der Waals surface area (Å²) in [6.45, 7) is 8.56. The van der Waals surface area contributed by atoms with E-state index in [0.29, 0.717) is 5.25 Å². The molecule has 1 amide bonds. The third-order valence-corrected chi connectivity index (χ3v) is 5.20. The van der Waals surface area contributed by atoms with Gasteiger partial charge in [-0.05, 0) is 44.7 Å². The zero-order valence-corrected chi connectivity index (χ0v) is 14.0. The number of carbonyl (C=O) groups is 1. The topological polar surface area (TPSA) is 38.3 Å². The van der Waals surface area contributed by atoms with Crippen LogP contribution in [-0.4, -0.2) is 36.7 Å². The number of aryl methyl sites for hydroxylation is 3. The molecule has 1 fully saturated rings. The van der Waals surface area contributed by atoms with Crippen molar-refractivity contribution in [2.45, 2.75) is 38.9 Å². The first kappa shape index (κ1) is 16.4. The van der Waals surface area contributed by atoms with Crippen molar-refractivity contribution >= 4 is 17.7 Å². The van der Waals surface area contributed by atoms with Crippen LogP contribution in [0.1, 0.15) is 39.9 Å². The third kappa shape index (κ3) is 4.75. The van der Waals surface area contributed by atoms with E-state index in [1.54, 1.807) is 0 Å². The molecule has 0 bridgehead atoms. The highest BCUT2D eigenvalue weighted by Gasteiger charge is 2.15. The molecule has 0 aliphatic carbocycles. The van der Waals surface area contributed by atoms with Gasteiger partial charge in [-0.2, -0.15) is 11.8 Å². The minimum absolute atomic E-state index is 0.0533. The van der Waals surface area contributed by atoms with Gasteiger partial charge in [-0.15, -0.1) is 0 Å². The first-order valence-corrected chi connectivity index (χ1v) is 8.68. The van der Waals surface area contributed by atoms with Crippen LogP contribution in [-0.2, 0) is 4.74 Å². The molecule has 116 valence electrons. The van der Waals surface area contributed by atoms with Crippen molar-refractivity contribution in [3.8, 4) is 0 Å². The van der Waals surface area contributed by atoms with E-state index in [0.717, 1.165) is 55.0 Å². The van der Waals surface area contributed by atoms with Gasteiger partial charge in [0.15, 0.2) is 0 Å². The van der Waals surface area contributed by atoms with Crippen LogP contribution in [0.2, 0.25) is 0 Å². The number of benzene rings is 1. The van der Waals surface area contributed by atoms with Crippen LogP contribution in [0.5, 0.6) is 0 Å². The van der Waals surface area contributed by atoms with Gasteiger partial charge in [0, 0.05) is 36.3 Å². The Bertz CT molecular complexity index is 473. The normalized spacial score (nSPS) is 16.0. The summed E-state index contributed by atoms with van der Waals surface area (Å²) >= 11 is 1.95. The van der Waals surface area contributed by atoms with Gasteiger partial charge in [-0.25, -0.2) is 0 Å². The molecule has 2 rings (SSSR count). The molecule has 0 saturated carbocycles. The Hall–Kier alpha value is -1.00. The lowest BCUT2D eigenvalue weighted by molar-refractivity contribution is 0.0954. The molecular weight excluding hydrogens is 282 g/mol. The SMILES string of the molecule is Cc1cc(C)c(C(=O)NCCSC2CCOCC2)c(C)c1. The molecule has 1 aromatic carbocycles. The van der Waals surface area contributed by atoms with Crippen molar-refractivity contribution in [3.63, 3.8) is 0 Å². The fourth-order valence-corrected chi connectivity index (χ4v) is 3.94. The quantitative estimate of drug-likeness (QED) is 0.849. The largest absolute Gasteiger partial charge is 0.381 e. The Morgan fingerprint density at radius 3 is 2.48 bits per heavy atom. The zero-order valence-electron chi connectivity index (χ0n) is 13.2. The van der Waals surface area contributed by atoms with Crippen molar-refractivity contribution < 1.29 is 9.53 Å². The Labute approximate surface area is 131 Å². The third-order valence-electron chi connectivity index (χ3n) is 3.81. The molecule has 1 heterocycles. The van der Waals surface area contributed by atoms with Crippen LogP contribution in [0.3, 0.4) is 0 Å². The van der Waals surface area contributed by atoms with Crippen LogP contribution in [0.25, 0.3) is 0 Å². The van der Waals surface area contributed by atoms with Crippen LogP contribution < -0.4 is 5.32 Å². The van der Waals surface area contributed by atoms with Gasteiger partial charge in [-0.1, -0.05) is 17.7 Å². The fourth-order valence-electron chi connectivity index (χ4n) is 2.86. The maximum absolute atomic E-state index is 12.3. The minimum Gasteiger partial charge on any atom is -0.381 e. The molecule has 0 spiro atoms. The summed E-state index contributed by atoms with van der Waals surface area (Å²) < 4.78 is 5.35. The molecule has 1 N–H and O–H groups in total. The predicted molar refractivity (Wildman–Crippen MR) is 89.3 cm³/mol. The summed E-state index contributed by atoms with van der Waals surface area (Å²) in [6.07, 6.45) is 2.27. The molecule has 0 aromatic heterocycles. The lowest BCUT2D eigenvalue weighted by atomic mass is 9.99. The van der Waals surface area contributed by atoms with E-state index in [9.17, 15) is 4.79 Å². The van der Waals surface area contributed by atoms with Crippen LogP contribution in [0.4, 0.5) is 0 Å². The van der Waals surface area contributed by atoms with Gasteiger partial charge in [0.2, 0.25) is 0 Å². The van der Waals surface area contributed by atoms with E-state index in [4.69, 9.17) is 4.74 Å². The highest BCUT2D eigenvalue weighted by atomic mass is 32.2. The zero-order chi connectivity index (χ0) is 15.2. The molecule has 0 radical (unpaired) electrons. The molecule has 4 heteroatoms.